The smallest absolute Gasteiger partial charge is 0.192 e. The predicted octanol–water partition coefficient (Wildman–Crippen LogP) is 5.55. The monoisotopic (exact) mass is 364 g/mol. The Bertz CT molecular complexity index is 488. The highest BCUT2D eigenvalue weighted by Crippen LogP contribution is 2.36. The van der Waals surface area contributed by atoms with Crippen LogP contribution in [0.3, 0.4) is 0 Å². The molecule has 1 aliphatic rings. The van der Waals surface area contributed by atoms with E-state index in [9.17, 15) is 0 Å². The molecule has 0 aromatic heterocycles. The fourth-order valence-electron chi connectivity index (χ4n) is 2.88. The molecule has 25 heavy (non-hydrogen) atoms. The predicted molar refractivity (Wildman–Crippen MR) is 106 cm³/mol. The van der Waals surface area contributed by atoms with Crippen LogP contribution in [0.15, 0.2) is 30.3 Å². The first kappa shape index (κ1) is 20.6. The van der Waals surface area contributed by atoms with E-state index >= 15 is 0 Å². The van der Waals surface area contributed by atoms with Crippen molar-refractivity contribution in [1.82, 2.24) is 0 Å². The fourth-order valence-corrected chi connectivity index (χ4v) is 3.91. The van der Waals surface area contributed by atoms with Crippen LogP contribution in [0.2, 0.25) is 18.1 Å². The van der Waals surface area contributed by atoms with Gasteiger partial charge in [0.2, 0.25) is 0 Å². The highest BCUT2D eigenvalue weighted by molar-refractivity contribution is 6.74. The van der Waals surface area contributed by atoms with Gasteiger partial charge < -0.3 is 13.9 Å². The maximum Gasteiger partial charge on any atom is 0.192 e. The van der Waals surface area contributed by atoms with Crippen LogP contribution < -0.4 is 0 Å². The zero-order chi connectivity index (χ0) is 18.3. The SMILES string of the molecule is CC(C)(C)[Si](C)(C)OCCOC1CCC(OCc2ccccc2)CC1. The third-order valence-corrected chi connectivity index (χ3v) is 10.2. The van der Waals surface area contributed by atoms with E-state index in [4.69, 9.17) is 13.9 Å². The summed E-state index contributed by atoms with van der Waals surface area (Å²) in [5, 5.41) is 0.265. The quantitative estimate of drug-likeness (QED) is 0.447. The number of benzene rings is 1. The summed E-state index contributed by atoms with van der Waals surface area (Å²) in [5.74, 6) is 0. The molecule has 0 spiro atoms. The topological polar surface area (TPSA) is 27.7 Å². The third kappa shape index (κ3) is 6.85. The molecule has 0 amide bonds. The Morgan fingerprint density at radius 2 is 1.44 bits per heavy atom. The second kappa shape index (κ2) is 9.31. The van der Waals surface area contributed by atoms with Crippen molar-refractivity contribution >= 4 is 8.32 Å². The minimum Gasteiger partial charge on any atom is -0.414 e. The van der Waals surface area contributed by atoms with Gasteiger partial charge in [-0.1, -0.05) is 51.1 Å². The summed E-state index contributed by atoms with van der Waals surface area (Å²) in [5.41, 5.74) is 1.25. The molecule has 2 rings (SSSR count). The summed E-state index contributed by atoms with van der Waals surface area (Å²) >= 11 is 0. The van der Waals surface area contributed by atoms with Gasteiger partial charge in [-0.3, -0.25) is 0 Å². The van der Waals surface area contributed by atoms with Gasteiger partial charge in [0.1, 0.15) is 0 Å². The summed E-state index contributed by atoms with van der Waals surface area (Å²) < 4.78 is 18.3. The Morgan fingerprint density at radius 3 is 2.00 bits per heavy atom. The van der Waals surface area contributed by atoms with Gasteiger partial charge in [0, 0.05) is 0 Å². The molecule has 0 radical (unpaired) electrons. The van der Waals surface area contributed by atoms with E-state index in [1.807, 2.05) is 6.07 Å². The van der Waals surface area contributed by atoms with Gasteiger partial charge in [0.25, 0.3) is 0 Å². The van der Waals surface area contributed by atoms with Gasteiger partial charge in [-0.2, -0.15) is 0 Å². The van der Waals surface area contributed by atoms with Crippen LogP contribution in [0.4, 0.5) is 0 Å². The van der Waals surface area contributed by atoms with Crippen molar-refractivity contribution in [2.24, 2.45) is 0 Å². The summed E-state index contributed by atoms with van der Waals surface area (Å²) in [6, 6.07) is 10.4. The molecule has 1 fully saturated rings. The van der Waals surface area contributed by atoms with Gasteiger partial charge in [-0.25, -0.2) is 0 Å². The van der Waals surface area contributed by atoms with Crippen molar-refractivity contribution < 1.29 is 13.9 Å². The van der Waals surface area contributed by atoms with Crippen molar-refractivity contribution in [2.45, 2.75) is 83.4 Å². The van der Waals surface area contributed by atoms with E-state index in [2.05, 4.69) is 58.1 Å². The Labute approximate surface area is 155 Å². The number of hydrogen-bond donors (Lipinski definition) is 0. The first-order valence-corrected chi connectivity index (χ1v) is 12.6. The first-order valence-electron chi connectivity index (χ1n) is 9.69. The zero-order valence-corrected chi connectivity index (χ0v) is 17.7. The standard InChI is InChI=1S/C21H36O3Si/c1-21(2,3)25(4,5)24-16-15-22-19-11-13-20(14-12-19)23-17-18-9-7-6-8-10-18/h6-10,19-20H,11-17H2,1-5H3. The number of hydrogen-bond acceptors (Lipinski definition) is 3. The lowest BCUT2D eigenvalue weighted by molar-refractivity contribution is -0.0423. The molecule has 3 nitrogen and oxygen atoms in total. The maximum atomic E-state index is 6.18. The van der Waals surface area contributed by atoms with E-state index in [-0.39, 0.29) is 5.04 Å². The molecular formula is C21H36O3Si. The van der Waals surface area contributed by atoms with Crippen LogP contribution in [0.1, 0.15) is 52.0 Å². The van der Waals surface area contributed by atoms with E-state index < -0.39 is 8.32 Å². The van der Waals surface area contributed by atoms with Gasteiger partial charge in [0.05, 0.1) is 32.0 Å². The third-order valence-electron chi connectivity index (χ3n) is 5.66. The lowest BCUT2D eigenvalue weighted by Crippen LogP contribution is -2.41. The van der Waals surface area contributed by atoms with Crippen LogP contribution >= 0.6 is 0 Å². The molecule has 4 heteroatoms. The van der Waals surface area contributed by atoms with Gasteiger partial charge in [0.15, 0.2) is 8.32 Å². The average Bonchev–Trinajstić information content (AvgIpc) is 2.58. The van der Waals surface area contributed by atoms with E-state index in [1.165, 1.54) is 5.56 Å². The first-order chi connectivity index (χ1) is 11.8. The largest absolute Gasteiger partial charge is 0.414 e. The van der Waals surface area contributed by atoms with Crippen LogP contribution in [-0.2, 0) is 20.5 Å². The molecule has 0 bridgehead atoms. The zero-order valence-electron chi connectivity index (χ0n) is 16.7. The summed E-state index contributed by atoms with van der Waals surface area (Å²) in [4.78, 5) is 0. The lowest BCUT2D eigenvalue weighted by Gasteiger charge is -2.36. The summed E-state index contributed by atoms with van der Waals surface area (Å²) in [6.45, 7) is 13.6. The van der Waals surface area contributed by atoms with Crippen LogP contribution in [0.25, 0.3) is 0 Å². The average molecular weight is 365 g/mol. The minimum absolute atomic E-state index is 0.265. The number of ether oxygens (including phenoxy) is 2. The van der Waals surface area contributed by atoms with Crippen molar-refractivity contribution in [3.8, 4) is 0 Å². The molecule has 1 saturated carbocycles. The molecule has 0 heterocycles. The summed E-state index contributed by atoms with van der Waals surface area (Å²) in [6.07, 6.45) is 5.14. The molecule has 0 atom stereocenters. The molecule has 1 aromatic rings. The Balaban J connectivity index is 1.58. The maximum absolute atomic E-state index is 6.18. The van der Waals surface area contributed by atoms with Gasteiger partial charge >= 0.3 is 0 Å². The second-order valence-electron chi connectivity index (χ2n) is 8.67. The van der Waals surface area contributed by atoms with Gasteiger partial charge in [-0.05, 0) is 49.4 Å². The van der Waals surface area contributed by atoms with Crippen molar-refractivity contribution in [2.75, 3.05) is 13.2 Å². The van der Waals surface area contributed by atoms with Gasteiger partial charge in [-0.15, -0.1) is 0 Å². The van der Waals surface area contributed by atoms with Crippen LogP contribution in [0, 0.1) is 0 Å². The molecule has 1 aromatic carbocycles. The highest BCUT2D eigenvalue weighted by atomic mass is 28.4. The molecule has 1 aliphatic carbocycles. The van der Waals surface area contributed by atoms with Crippen molar-refractivity contribution in [3.05, 3.63) is 35.9 Å². The Hall–Kier alpha value is -0.683. The Kier molecular flexibility index (Phi) is 7.68. The molecule has 142 valence electrons. The molecule has 0 N–H and O–H groups in total. The minimum atomic E-state index is -1.65. The highest BCUT2D eigenvalue weighted by Gasteiger charge is 2.37. The molecule has 0 unspecified atom stereocenters. The summed E-state index contributed by atoms with van der Waals surface area (Å²) in [7, 11) is -1.65. The van der Waals surface area contributed by atoms with Crippen molar-refractivity contribution in [3.63, 3.8) is 0 Å². The van der Waals surface area contributed by atoms with Crippen molar-refractivity contribution in [1.29, 1.82) is 0 Å². The fraction of sp³-hybridized carbons (Fsp3) is 0.714. The molecule has 0 aliphatic heterocycles. The lowest BCUT2D eigenvalue weighted by atomic mass is 9.95. The molecule has 0 saturated heterocycles. The number of rotatable bonds is 8. The van der Waals surface area contributed by atoms with E-state index in [1.54, 1.807) is 0 Å². The van der Waals surface area contributed by atoms with E-state index in [0.717, 1.165) is 38.9 Å². The molecular weight excluding hydrogens is 328 g/mol. The van der Waals surface area contributed by atoms with E-state index in [0.29, 0.717) is 18.8 Å². The second-order valence-corrected chi connectivity index (χ2v) is 13.5. The normalized spacial score (nSPS) is 22.1. The van der Waals surface area contributed by atoms with Crippen LogP contribution in [0.5, 0.6) is 0 Å². The van der Waals surface area contributed by atoms with Crippen LogP contribution in [-0.4, -0.2) is 33.7 Å². The Morgan fingerprint density at radius 1 is 0.880 bits per heavy atom.